The van der Waals surface area contributed by atoms with Crippen LogP contribution in [0.2, 0.25) is 0.515 Å². The van der Waals surface area contributed by atoms with E-state index < -0.39 is 33.7 Å². The van der Waals surface area contributed by atoms with Gasteiger partial charge in [0.05, 0.1) is 6.42 Å². The van der Waals surface area contributed by atoms with Crippen LogP contribution >= 0.6 is 0 Å². The first-order valence-corrected chi connectivity index (χ1v) is 18.0. The number of para-hydroxylation sites is 1. The number of ether oxygens (including phenoxy) is 1. The summed E-state index contributed by atoms with van der Waals surface area (Å²) in [4.78, 5) is 20.0. The van der Waals surface area contributed by atoms with E-state index in [9.17, 15) is 18.0 Å². The van der Waals surface area contributed by atoms with Crippen LogP contribution in [0.15, 0.2) is 30.3 Å². The van der Waals surface area contributed by atoms with Crippen LogP contribution in [-0.4, -0.2) is 95.4 Å². The summed E-state index contributed by atoms with van der Waals surface area (Å²) >= 11 is 0.877. The normalized spacial score (nSPS) is 12.7. The van der Waals surface area contributed by atoms with Gasteiger partial charge in [-0.15, -0.1) is 0 Å². The van der Waals surface area contributed by atoms with Crippen molar-refractivity contribution in [3.05, 3.63) is 30.3 Å². The van der Waals surface area contributed by atoms with Crippen LogP contribution in [0.5, 0.6) is 5.75 Å². The average molecular weight is 583 g/mol. The monoisotopic (exact) mass is 582 g/mol. The van der Waals surface area contributed by atoms with Gasteiger partial charge in [-0.2, -0.15) is 8.42 Å². The van der Waals surface area contributed by atoms with E-state index in [2.05, 4.69) is 37.3 Å². The van der Waals surface area contributed by atoms with Crippen LogP contribution in [0.25, 0.3) is 0 Å². The molecular weight excluding hydrogens is 535 g/mol. The number of hydrogen-bond acceptors (Lipinski definition) is 5. The fourth-order valence-corrected chi connectivity index (χ4v) is 5.59. The van der Waals surface area contributed by atoms with Crippen molar-refractivity contribution in [3.63, 3.8) is 0 Å². The van der Waals surface area contributed by atoms with Crippen LogP contribution in [0.4, 0.5) is 0 Å². The molecule has 0 heterocycles. The minimum absolute atomic E-state index is 0.467. The Kier molecular flexibility index (Phi) is 24.0. The number of benzene rings is 1. The molecule has 3 N–H and O–H groups in total. The Labute approximate surface area is 263 Å². The third-order valence-corrected chi connectivity index (χ3v) is 8.89. The second-order valence-corrected chi connectivity index (χ2v) is 12.7. The van der Waals surface area contributed by atoms with Gasteiger partial charge >= 0.3 is 173 Å². The predicted octanol–water partition coefficient (Wildman–Crippen LogP) is 6.69. The predicted molar refractivity (Wildman–Crippen MR) is 152 cm³/mol. The van der Waals surface area contributed by atoms with Gasteiger partial charge in [0.2, 0.25) is 0 Å². The molecule has 0 saturated heterocycles. The summed E-state index contributed by atoms with van der Waals surface area (Å²) in [6.07, 6.45) is 20.6. The maximum Gasteiger partial charge on any atom is 0.325 e. The number of carboxylic acids is 2. The Morgan fingerprint density at radius 2 is 1.26 bits per heavy atom. The SMILES string of the molecule is CCCCCCCCCCCCCCCCC([CH2][K])Oc1ccccc1.O=C(O)CC(C(=O)O)S(=O)(=O)O. The van der Waals surface area contributed by atoms with Crippen molar-refractivity contribution in [1.29, 1.82) is 0 Å². The summed E-state index contributed by atoms with van der Waals surface area (Å²) in [5, 5.41) is 13.9. The van der Waals surface area contributed by atoms with E-state index in [1.165, 1.54) is 96.8 Å². The van der Waals surface area contributed by atoms with E-state index in [-0.39, 0.29) is 0 Å². The molecule has 214 valence electrons. The third kappa shape index (κ3) is 22.3. The Bertz CT molecular complexity index is 833. The topological polar surface area (TPSA) is 138 Å². The molecule has 0 radical (unpaired) electrons. The molecule has 0 bridgehead atoms. The van der Waals surface area contributed by atoms with Gasteiger partial charge in [-0.25, -0.2) is 0 Å². The molecule has 0 aliphatic carbocycles. The molecule has 0 amide bonds. The largest absolute Gasteiger partial charge is 0.481 e. The van der Waals surface area contributed by atoms with Gasteiger partial charge in [0.25, 0.3) is 10.1 Å². The summed E-state index contributed by atoms with van der Waals surface area (Å²) in [6.45, 7) is 2.29. The van der Waals surface area contributed by atoms with Crippen LogP contribution in [0.3, 0.4) is 0 Å². The molecule has 1 rings (SSSR count). The Hall–Kier alpha value is -0.494. The molecule has 38 heavy (non-hydrogen) atoms. The second kappa shape index (κ2) is 24.3. The smallest absolute Gasteiger partial charge is 0.325 e. The van der Waals surface area contributed by atoms with E-state index in [1.807, 2.05) is 0 Å². The number of hydrogen-bond donors (Lipinski definition) is 3. The first-order valence-electron chi connectivity index (χ1n) is 14.2. The van der Waals surface area contributed by atoms with Gasteiger partial charge < -0.3 is 10.2 Å². The fraction of sp³-hybridized carbons (Fsp3) is 0.714. The van der Waals surface area contributed by atoms with Crippen molar-refractivity contribution in [2.75, 3.05) is 0 Å². The number of rotatable bonds is 22. The van der Waals surface area contributed by atoms with Crippen molar-refractivity contribution in [3.8, 4) is 5.75 Å². The molecule has 8 nitrogen and oxygen atoms in total. The first kappa shape index (κ1) is 37.5. The molecule has 0 aliphatic heterocycles. The van der Waals surface area contributed by atoms with E-state index in [0.717, 1.165) is 54.7 Å². The van der Waals surface area contributed by atoms with Crippen molar-refractivity contribution >= 4 is 71.0 Å². The Morgan fingerprint density at radius 1 is 0.816 bits per heavy atom. The molecule has 0 aliphatic rings. The zero-order valence-corrected chi connectivity index (χ0v) is 27.3. The quantitative estimate of drug-likeness (QED) is 0.0780. The number of carbonyl (C=O) groups is 2. The molecule has 0 fully saturated rings. The molecule has 2 atom stereocenters. The van der Waals surface area contributed by atoms with Gasteiger partial charge in [0.1, 0.15) is 0 Å². The number of carboxylic acid groups (broad SMARTS) is 2. The summed E-state index contributed by atoms with van der Waals surface area (Å²) in [5.41, 5.74) is 0. The van der Waals surface area contributed by atoms with Gasteiger partial charge in [0, 0.05) is 0 Å². The van der Waals surface area contributed by atoms with Gasteiger partial charge in [-0.1, -0.05) is 39.0 Å². The molecule has 2 unspecified atom stereocenters. The van der Waals surface area contributed by atoms with Crippen molar-refractivity contribution in [2.45, 2.75) is 122 Å². The summed E-state index contributed by atoms with van der Waals surface area (Å²) in [7, 11) is -4.84. The van der Waals surface area contributed by atoms with E-state index in [4.69, 9.17) is 19.5 Å². The molecule has 0 spiro atoms. The molecule has 10 heteroatoms. The summed E-state index contributed by atoms with van der Waals surface area (Å²) < 4.78 is 36.1. The second-order valence-electron chi connectivity index (χ2n) is 9.79. The van der Waals surface area contributed by atoms with Gasteiger partial charge in [-0.3, -0.25) is 14.1 Å². The number of unbranched alkanes of at least 4 members (excludes halogenated alkanes) is 13. The first-order chi connectivity index (χ1) is 18.1. The van der Waals surface area contributed by atoms with Crippen molar-refractivity contribution in [2.24, 2.45) is 0 Å². The third-order valence-electron chi connectivity index (χ3n) is 6.38. The number of aliphatic carboxylic acids is 2. The van der Waals surface area contributed by atoms with Crippen LogP contribution in [0.1, 0.15) is 110 Å². The standard InChI is InChI=1S/C24H41O.C4H6O7S.K/c1-3-4-5-6-7-8-9-10-11-12-13-14-15-17-20-23(2)25-24-21-18-16-19-22-24;5-3(6)1-2(4(7)8)12(9,10)11;/h16,18-19,21-23H,2-15,17,20H2,1H3;2H,1H2,(H,5,6)(H,7,8)(H,9,10,11);. The van der Waals surface area contributed by atoms with Crippen LogP contribution in [-0.2, 0) is 19.7 Å². The molecule has 0 saturated carbocycles. The van der Waals surface area contributed by atoms with Gasteiger partial charge in [0.15, 0.2) is 5.25 Å². The van der Waals surface area contributed by atoms with Gasteiger partial charge in [-0.05, 0) is 0 Å². The van der Waals surface area contributed by atoms with Crippen LogP contribution < -0.4 is 4.74 Å². The molecule has 1 aromatic rings. The molecule has 0 aromatic heterocycles. The van der Waals surface area contributed by atoms with Crippen LogP contribution in [0, 0.1) is 0 Å². The average Bonchev–Trinajstić information content (AvgIpc) is 2.87. The molecular formula is C28H47KO8S. The van der Waals surface area contributed by atoms with Crippen molar-refractivity contribution < 1.29 is 37.5 Å². The maximum atomic E-state index is 10.2. The van der Waals surface area contributed by atoms with E-state index >= 15 is 0 Å². The van der Waals surface area contributed by atoms with E-state index in [0.29, 0.717) is 6.10 Å². The summed E-state index contributed by atoms with van der Waals surface area (Å²) in [5.74, 6) is -2.45. The minimum Gasteiger partial charge on any atom is -0.481 e. The molecule has 1 aromatic carbocycles. The zero-order chi connectivity index (χ0) is 28.7. The van der Waals surface area contributed by atoms with Crippen molar-refractivity contribution in [1.82, 2.24) is 0 Å². The Balaban J connectivity index is 0.000000958. The summed E-state index contributed by atoms with van der Waals surface area (Å²) in [6, 6.07) is 10.4. The van der Waals surface area contributed by atoms with E-state index in [1.54, 1.807) is 0 Å². The maximum absolute atomic E-state index is 10.2. The fourth-order valence-electron chi connectivity index (χ4n) is 4.08. The zero-order valence-electron chi connectivity index (χ0n) is 23.4. The Morgan fingerprint density at radius 3 is 1.61 bits per heavy atom. The minimum atomic E-state index is -4.84.